The van der Waals surface area contributed by atoms with Crippen LogP contribution in [-0.2, 0) is 26.2 Å². The lowest BCUT2D eigenvalue weighted by Gasteiger charge is -2.30. The minimum Gasteiger partial charge on any atom is -0.493 e. The molecule has 0 aliphatic carbocycles. The molecule has 2 aromatic carbocycles. The fourth-order valence-electron chi connectivity index (χ4n) is 3.35. The van der Waals surface area contributed by atoms with Gasteiger partial charge in [0.05, 0.1) is 25.0 Å². The van der Waals surface area contributed by atoms with E-state index in [1.165, 1.54) is 30.7 Å². The van der Waals surface area contributed by atoms with Crippen molar-refractivity contribution in [3.05, 3.63) is 53.8 Å². The van der Waals surface area contributed by atoms with Crippen molar-refractivity contribution in [1.29, 1.82) is 0 Å². The molecule has 1 heterocycles. The Morgan fingerprint density at radius 3 is 2.47 bits per heavy atom. The molecule has 30 heavy (non-hydrogen) atoms. The van der Waals surface area contributed by atoms with Crippen LogP contribution in [0.5, 0.6) is 11.5 Å². The fraction of sp³-hybridized carbons (Fsp3) is 0.381. The summed E-state index contributed by atoms with van der Waals surface area (Å²) in [5.41, 5.74) is 0.729. The van der Waals surface area contributed by atoms with Gasteiger partial charge in [-0.3, -0.25) is 4.79 Å². The van der Waals surface area contributed by atoms with Crippen molar-refractivity contribution in [2.24, 2.45) is 5.92 Å². The van der Waals surface area contributed by atoms with Gasteiger partial charge in [-0.05, 0) is 54.8 Å². The second-order valence-corrected chi connectivity index (χ2v) is 8.89. The molecule has 0 bridgehead atoms. The molecule has 7 nitrogen and oxygen atoms in total. The summed E-state index contributed by atoms with van der Waals surface area (Å²) in [6, 6.07) is 9.86. The Balaban J connectivity index is 1.64. The minimum atomic E-state index is -3.80. The van der Waals surface area contributed by atoms with E-state index in [4.69, 9.17) is 14.2 Å². The third-order valence-corrected chi connectivity index (χ3v) is 6.88. The molecule has 1 atom stereocenters. The van der Waals surface area contributed by atoms with E-state index in [-0.39, 0.29) is 18.0 Å². The van der Waals surface area contributed by atoms with Crippen molar-refractivity contribution < 1.29 is 31.8 Å². The molecule has 1 aliphatic rings. The van der Waals surface area contributed by atoms with E-state index in [0.29, 0.717) is 30.9 Å². The standard InChI is InChI=1S/C21H24FNO6S/c1-27-19-10-5-15(12-20(19)28-2)14-29-21(24)16-4-3-11-23(13-16)30(25,26)18-8-6-17(22)7-9-18/h5-10,12,16H,3-4,11,13-14H2,1-2H3. The quantitative estimate of drug-likeness (QED) is 0.620. The van der Waals surface area contributed by atoms with Gasteiger partial charge in [-0.25, -0.2) is 12.8 Å². The molecule has 162 valence electrons. The number of carbonyl (C=O) groups is 1. The summed E-state index contributed by atoms with van der Waals surface area (Å²) < 4.78 is 55.8. The van der Waals surface area contributed by atoms with Crippen molar-refractivity contribution >= 4 is 16.0 Å². The van der Waals surface area contributed by atoms with Gasteiger partial charge in [0, 0.05) is 13.1 Å². The number of rotatable bonds is 7. The number of hydrogen-bond acceptors (Lipinski definition) is 6. The predicted molar refractivity (Wildman–Crippen MR) is 107 cm³/mol. The van der Waals surface area contributed by atoms with E-state index in [1.807, 2.05) is 0 Å². The lowest BCUT2D eigenvalue weighted by Crippen LogP contribution is -2.42. The number of halogens is 1. The molecule has 0 spiro atoms. The van der Waals surface area contributed by atoms with Gasteiger partial charge in [-0.1, -0.05) is 6.07 Å². The zero-order valence-electron chi connectivity index (χ0n) is 16.8. The number of methoxy groups -OCH3 is 2. The average Bonchev–Trinajstić information content (AvgIpc) is 2.77. The van der Waals surface area contributed by atoms with Crippen molar-refractivity contribution in [2.75, 3.05) is 27.3 Å². The van der Waals surface area contributed by atoms with Gasteiger partial charge in [0.1, 0.15) is 12.4 Å². The highest BCUT2D eigenvalue weighted by atomic mass is 32.2. The summed E-state index contributed by atoms with van der Waals surface area (Å²) in [5.74, 6) is -0.427. The van der Waals surface area contributed by atoms with E-state index in [2.05, 4.69) is 0 Å². The molecule has 3 rings (SSSR count). The Labute approximate surface area is 175 Å². The lowest BCUT2D eigenvalue weighted by molar-refractivity contribution is -0.151. The molecule has 1 saturated heterocycles. The highest BCUT2D eigenvalue weighted by Gasteiger charge is 2.34. The molecular formula is C21H24FNO6S. The highest BCUT2D eigenvalue weighted by Crippen LogP contribution is 2.28. The SMILES string of the molecule is COc1ccc(COC(=O)C2CCCN(S(=O)(=O)c3ccc(F)cc3)C2)cc1OC. The maximum Gasteiger partial charge on any atom is 0.310 e. The first-order valence-electron chi connectivity index (χ1n) is 9.48. The topological polar surface area (TPSA) is 82.1 Å². The number of benzene rings is 2. The van der Waals surface area contributed by atoms with E-state index >= 15 is 0 Å². The second kappa shape index (κ2) is 9.44. The van der Waals surface area contributed by atoms with Crippen molar-refractivity contribution in [3.8, 4) is 11.5 Å². The molecule has 0 aromatic heterocycles. The zero-order valence-corrected chi connectivity index (χ0v) is 17.7. The Hall–Kier alpha value is -2.65. The van der Waals surface area contributed by atoms with Crippen LogP contribution in [0, 0.1) is 11.7 Å². The first-order valence-corrected chi connectivity index (χ1v) is 10.9. The van der Waals surface area contributed by atoms with Gasteiger partial charge in [-0.2, -0.15) is 4.31 Å². The third kappa shape index (κ3) is 4.91. The van der Waals surface area contributed by atoms with E-state index in [0.717, 1.165) is 17.7 Å². The molecular weight excluding hydrogens is 413 g/mol. The van der Waals surface area contributed by atoms with E-state index in [1.54, 1.807) is 18.2 Å². The van der Waals surface area contributed by atoms with Crippen LogP contribution < -0.4 is 9.47 Å². The van der Waals surface area contributed by atoms with Crippen LogP contribution in [-0.4, -0.2) is 46.0 Å². The maximum absolute atomic E-state index is 13.1. The van der Waals surface area contributed by atoms with Gasteiger partial charge < -0.3 is 14.2 Å². The number of carbonyl (C=O) groups excluding carboxylic acids is 1. The monoisotopic (exact) mass is 437 g/mol. The Bertz CT molecular complexity index is 993. The largest absolute Gasteiger partial charge is 0.493 e. The highest BCUT2D eigenvalue weighted by molar-refractivity contribution is 7.89. The number of ether oxygens (including phenoxy) is 3. The van der Waals surface area contributed by atoms with Gasteiger partial charge in [-0.15, -0.1) is 0 Å². The second-order valence-electron chi connectivity index (χ2n) is 6.95. The third-order valence-electron chi connectivity index (χ3n) is 5.00. The molecule has 0 radical (unpaired) electrons. The van der Waals surface area contributed by atoms with Crippen LogP contribution in [0.1, 0.15) is 18.4 Å². The Kier molecular flexibility index (Phi) is 6.94. The van der Waals surface area contributed by atoms with Crippen molar-refractivity contribution in [3.63, 3.8) is 0 Å². The molecule has 2 aromatic rings. The molecule has 1 unspecified atom stereocenters. The smallest absolute Gasteiger partial charge is 0.310 e. The van der Waals surface area contributed by atoms with Gasteiger partial charge in [0.2, 0.25) is 10.0 Å². The van der Waals surface area contributed by atoms with Crippen LogP contribution >= 0.6 is 0 Å². The summed E-state index contributed by atoms with van der Waals surface area (Å²) in [6.45, 7) is 0.379. The lowest BCUT2D eigenvalue weighted by atomic mass is 10.00. The molecule has 9 heteroatoms. The number of piperidine rings is 1. The van der Waals surface area contributed by atoms with Gasteiger partial charge >= 0.3 is 5.97 Å². The summed E-state index contributed by atoms with van der Waals surface area (Å²) in [6.07, 6.45) is 1.08. The Morgan fingerprint density at radius 2 is 1.80 bits per heavy atom. The molecule has 0 amide bonds. The summed E-state index contributed by atoms with van der Waals surface area (Å²) >= 11 is 0. The van der Waals surface area contributed by atoms with Crippen LogP contribution in [0.25, 0.3) is 0 Å². The van der Waals surface area contributed by atoms with Crippen molar-refractivity contribution in [2.45, 2.75) is 24.3 Å². The van der Waals surface area contributed by atoms with Gasteiger partial charge in [0.25, 0.3) is 0 Å². The fourth-order valence-corrected chi connectivity index (χ4v) is 4.88. The minimum absolute atomic E-state index is 0.00300. The molecule has 1 fully saturated rings. The number of esters is 1. The molecule has 0 saturated carbocycles. The van der Waals surface area contributed by atoms with Crippen molar-refractivity contribution in [1.82, 2.24) is 4.31 Å². The number of sulfonamides is 1. The summed E-state index contributed by atoms with van der Waals surface area (Å²) in [4.78, 5) is 12.6. The summed E-state index contributed by atoms with van der Waals surface area (Å²) in [7, 11) is -0.747. The van der Waals surface area contributed by atoms with E-state index in [9.17, 15) is 17.6 Å². The first kappa shape index (κ1) is 22.0. The Morgan fingerprint density at radius 1 is 1.10 bits per heavy atom. The van der Waals surface area contributed by atoms with Crippen LogP contribution in [0.2, 0.25) is 0 Å². The number of hydrogen-bond donors (Lipinski definition) is 0. The maximum atomic E-state index is 13.1. The van der Waals surface area contributed by atoms with E-state index < -0.39 is 27.7 Å². The molecule has 0 N–H and O–H groups in total. The normalized spacial score (nSPS) is 17.4. The summed E-state index contributed by atoms with van der Waals surface area (Å²) in [5, 5.41) is 0. The zero-order chi connectivity index (χ0) is 21.7. The number of nitrogens with zero attached hydrogens (tertiary/aromatic N) is 1. The van der Waals surface area contributed by atoms with Crippen LogP contribution in [0.3, 0.4) is 0 Å². The van der Waals surface area contributed by atoms with Crippen LogP contribution in [0.15, 0.2) is 47.4 Å². The average molecular weight is 437 g/mol. The van der Waals surface area contributed by atoms with Crippen LogP contribution in [0.4, 0.5) is 4.39 Å². The first-order chi connectivity index (χ1) is 14.3. The molecule has 1 aliphatic heterocycles. The van der Waals surface area contributed by atoms with Gasteiger partial charge in [0.15, 0.2) is 11.5 Å². The predicted octanol–water partition coefficient (Wildman–Crippen LogP) is 2.99.